The SMILES string of the molecule is O=C(O)Nc1ccc(F)c(NC(=O)c2cc(C(F)(F)F)ccc2C(F)(F)F)c1. The van der Waals surface area contributed by atoms with E-state index in [4.69, 9.17) is 5.11 Å². The third kappa shape index (κ3) is 4.90. The summed E-state index contributed by atoms with van der Waals surface area (Å²) in [6, 6.07) is 2.67. The van der Waals surface area contributed by atoms with E-state index in [1.165, 1.54) is 0 Å². The Morgan fingerprint density at radius 1 is 0.857 bits per heavy atom. The van der Waals surface area contributed by atoms with Gasteiger partial charge in [-0.2, -0.15) is 26.3 Å². The number of anilines is 2. The molecule has 0 unspecified atom stereocenters. The number of carbonyl (C=O) groups is 2. The van der Waals surface area contributed by atoms with E-state index in [-0.39, 0.29) is 23.9 Å². The minimum Gasteiger partial charge on any atom is -0.465 e. The highest BCUT2D eigenvalue weighted by atomic mass is 19.4. The molecule has 28 heavy (non-hydrogen) atoms. The van der Waals surface area contributed by atoms with Crippen LogP contribution < -0.4 is 10.6 Å². The van der Waals surface area contributed by atoms with Crippen molar-refractivity contribution in [3.8, 4) is 0 Å². The van der Waals surface area contributed by atoms with Crippen molar-refractivity contribution in [3.63, 3.8) is 0 Å². The zero-order valence-corrected chi connectivity index (χ0v) is 13.4. The smallest absolute Gasteiger partial charge is 0.417 e. The first-order valence-corrected chi connectivity index (χ1v) is 7.18. The van der Waals surface area contributed by atoms with Crippen molar-refractivity contribution >= 4 is 23.4 Å². The van der Waals surface area contributed by atoms with Crippen LogP contribution in [0.3, 0.4) is 0 Å². The van der Waals surface area contributed by atoms with E-state index < -0.39 is 52.5 Å². The van der Waals surface area contributed by atoms with Gasteiger partial charge >= 0.3 is 18.4 Å². The number of carboxylic acid groups (broad SMARTS) is 1. The van der Waals surface area contributed by atoms with Gasteiger partial charge in [0.1, 0.15) is 5.82 Å². The fourth-order valence-electron chi connectivity index (χ4n) is 2.17. The van der Waals surface area contributed by atoms with Gasteiger partial charge in [-0.15, -0.1) is 0 Å². The lowest BCUT2D eigenvalue weighted by Crippen LogP contribution is -2.21. The molecule has 0 spiro atoms. The van der Waals surface area contributed by atoms with Crippen LogP contribution in [-0.4, -0.2) is 17.1 Å². The van der Waals surface area contributed by atoms with Crippen LogP contribution in [0.4, 0.5) is 46.9 Å². The van der Waals surface area contributed by atoms with Gasteiger partial charge in [0.05, 0.1) is 22.4 Å². The molecule has 0 aliphatic heterocycles. The van der Waals surface area contributed by atoms with Gasteiger partial charge in [-0.25, -0.2) is 9.18 Å². The van der Waals surface area contributed by atoms with Crippen LogP contribution in [0.2, 0.25) is 0 Å². The van der Waals surface area contributed by atoms with Gasteiger partial charge in [-0.1, -0.05) is 0 Å². The maximum Gasteiger partial charge on any atom is 0.417 e. The number of hydrogen-bond acceptors (Lipinski definition) is 2. The molecule has 0 saturated heterocycles. The highest BCUT2D eigenvalue weighted by Crippen LogP contribution is 2.37. The molecule has 2 aromatic rings. The maximum absolute atomic E-state index is 13.8. The third-order valence-electron chi connectivity index (χ3n) is 3.36. The van der Waals surface area contributed by atoms with Gasteiger partial charge in [0.15, 0.2) is 0 Å². The largest absolute Gasteiger partial charge is 0.465 e. The summed E-state index contributed by atoms with van der Waals surface area (Å²) in [5.74, 6) is -2.81. The lowest BCUT2D eigenvalue weighted by atomic mass is 10.0. The number of benzene rings is 2. The second kappa shape index (κ2) is 7.37. The summed E-state index contributed by atoms with van der Waals surface area (Å²) in [7, 11) is 0. The molecule has 0 saturated carbocycles. The molecule has 2 rings (SSSR count). The molecule has 0 bridgehead atoms. The van der Waals surface area contributed by atoms with Crippen LogP contribution in [0.1, 0.15) is 21.5 Å². The molecule has 5 nitrogen and oxygen atoms in total. The second-order valence-corrected chi connectivity index (χ2v) is 5.33. The fraction of sp³-hybridized carbons (Fsp3) is 0.125. The summed E-state index contributed by atoms with van der Waals surface area (Å²) < 4.78 is 91.3. The normalized spacial score (nSPS) is 11.8. The number of halogens is 7. The molecule has 3 N–H and O–H groups in total. The highest BCUT2D eigenvalue weighted by Gasteiger charge is 2.38. The molecule has 12 heteroatoms. The molecule has 0 aliphatic carbocycles. The van der Waals surface area contributed by atoms with E-state index >= 15 is 0 Å². The lowest BCUT2D eigenvalue weighted by molar-refractivity contribution is -0.141. The minimum absolute atomic E-state index is 0.00455. The predicted octanol–water partition coefficient (Wildman–Crippen LogP) is 5.21. The standard InChI is InChI=1S/C16H9F7N2O3/c17-11-4-2-8(24-14(27)28)6-12(11)25-13(26)9-5-7(15(18,19)20)1-3-10(9)16(21,22)23/h1-6,24H,(H,25,26)(H,27,28). The number of rotatable bonds is 3. The van der Waals surface area contributed by atoms with Gasteiger partial charge < -0.3 is 10.4 Å². The van der Waals surface area contributed by atoms with E-state index in [9.17, 15) is 40.3 Å². The number of amides is 2. The Balaban J connectivity index is 2.47. The van der Waals surface area contributed by atoms with Crippen LogP contribution in [0.5, 0.6) is 0 Å². The second-order valence-electron chi connectivity index (χ2n) is 5.33. The van der Waals surface area contributed by atoms with Crippen molar-refractivity contribution in [2.45, 2.75) is 12.4 Å². The zero-order chi connectivity index (χ0) is 21.3. The summed E-state index contributed by atoms with van der Waals surface area (Å²) in [6.45, 7) is 0. The summed E-state index contributed by atoms with van der Waals surface area (Å²) in [5, 5.41) is 12.1. The topological polar surface area (TPSA) is 78.4 Å². The molecule has 0 aliphatic rings. The van der Waals surface area contributed by atoms with E-state index in [2.05, 4.69) is 0 Å². The number of alkyl halides is 6. The molecular formula is C16H9F7N2O3. The molecule has 0 heterocycles. The molecular weight excluding hydrogens is 401 g/mol. The first-order chi connectivity index (χ1) is 12.8. The Morgan fingerprint density at radius 3 is 2.04 bits per heavy atom. The molecule has 150 valence electrons. The Hall–Kier alpha value is -3.31. The van der Waals surface area contributed by atoms with E-state index in [0.29, 0.717) is 6.07 Å². The summed E-state index contributed by atoms with van der Waals surface area (Å²) in [4.78, 5) is 22.7. The van der Waals surface area contributed by atoms with Crippen molar-refractivity contribution in [1.29, 1.82) is 0 Å². The number of hydrogen-bond donors (Lipinski definition) is 3. The van der Waals surface area contributed by atoms with E-state index in [1.807, 2.05) is 5.32 Å². The Kier molecular flexibility index (Phi) is 5.52. The van der Waals surface area contributed by atoms with Crippen molar-refractivity contribution in [2.75, 3.05) is 10.6 Å². The van der Waals surface area contributed by atoms with Crippen LogP contribution in [0.25, 0.3) is 0 Å². The first kappa shape index (κ1) is 21.0. The summed E-state index contributed by atoms with van der Waals surface area (Å²) >= 11 is 0. The van der Waals surface area contributed by atoms with Gasteiger partial charge in [0, 0.05) is 5.69 Å². The summed E-state index contributed by atoms with van der Waals surface area (Å²) in [6.07, 6.45) is -11.7. The average Bonchev–Trinajstić information content (AvgIpc) is 2.55. The van der Waals surface area contributed by atoms with Gasteiger partial charge in [0.25, 0.3) is 5.91 Å². The van der Waals surface area contributed by atoms with Crippen molar-refractivity contribution in [3.05, 3.63) is 58.9 Å². The average molecular weight is 410 g/mol. The lowest BCUT2D eigenvalue weighted by Gasteiger charge is -2.16. The van der Waals surface area contributed by atoms with Crippen LogP contribution >= 0.6 is 0 Å². The monoisotopic (exact) mass is 410 g/mol. The first-order valence-electron chi connectivity index (χ1n) is 7.18. The van der Waals surface area contributed by atoms with Crippen LogP contribution in [0.15, 0.2) is 36.4 Å². The summed E-state index contributed by atoms with van der Waals surface area (Å²) in [5.41, 5.74) is -5.50. The Bertz CT molecular complexity index is 923. The molecule has 0 aromatic heterocycles. The molecule has 2 amide bonds. The molecule has 0 fully saturated rings. The predicted molar refractivity (Wildman–Crippen MR) is 82.4 cm³/mol. The molecule has 0 radical (unpaired) electrons. The highest BCUT2D eigenvalue weighted by molar-refractivity contribution is 6.06. The number of carbonyl (C=O) groups excluding carboxylic acids is 1. The van der Waals surface area contributed by atoms with Crippen molar-refractivity contribution < 1.29 is 45.4 Å². The van der Waals surface area contributed by atoms with E-state index in [0.717, 1.165) is 12.1 Å². The molecule has 2 aromatic carbocycles. The maximum atomic E-state index is 13.8. The molecule has 0 atom stereocenters. The number of nitrogens with one attached hydrogen (secondary N) is 2. The quantitative estimate of drug-likeness (QED) is 0.609. The Labute approximate surface area is 151 Å². The van der Waals surface area contributed by atoms with Crippen molar-refractivity contribution in [2.24, 2.45) is 0 Å². The third-order valence-corrected chi connectivity index (χ3v) is 3.36. The van der Waals surface area contributed by atoms with Crippen LogP contribution in [0, 0.1) is 5.82 Å². The van der Waals surface area contributed by atoms with Crippen molar-refractivity contribution in [1.82, 2.24) is 0 Å². The van der Waals surface area contributed by atoms with Gasteiger partial charge in [0.2, 0.25) is 0 Å². The fourth-order valence-corrected chi connectivity index (χ4v) is 2.17. The minimum atomic E-state index is -5.15. The Morgan fingerprint density at radius 2 is 1.50 bits per heavy atom. The van der Waals surface area contributed by atoms with Gasteiger partial charge in [-0.05, 0) is 36.4 Å². The van der Waals surface area contributed by atoms with E-state index in [1.54, 1.807) is 5.32 Å². The van der Waals surface area contributed by atoms with Gasteiger partial charge in [-0.3, -0.25) is 10.1 Å². The zero-order valence-electron chi connectivity index (χ0n) is 13.4. The van der Waals surface area contributed by atoms with Crippen LogP contribution in [-0.2, 0) is 12.4 Å².